The van der Waals surface area contributed by atoms with Crippen LogP contribution in [0.4, 0.5) is 0 Å². The van der Waals surface area contributed by atoms with Crippen molar-refractivity contribution in [3.63, 3.8) is 0 Å². The Labute approximate surface area is 120 Å². The normalized spacial score (nSPS) is 13.3. The number of rotatable bonds is 6. The zero-order valence-corrected chi connectivity index (χ0v) is 12.7. The Hall–Kier alpha value is -1.06. The van der Waals surface area contributed by atoms with E-state index in [-0.39, 0.29) is 5.38 Å². The van der Waals surface area contributed by atoms with Gasteiger partial charge in [-0.25, -0.2) is 4.98 Å². The lowest BCUT2D eigenvalue weighted by Crippen LogP contribution is -2.14. The highest BCUT2D eigenvalue weighted by Gasteiger charge is 2.13. The lowest BCUT2D eigenvalue weighted by atomic mass is 10.2. The van der Waals surface area contributed by atoms with E-state index in [2.05, 4.69) is 46.7 Å². The van der Waals surface area contributed by atoms with E-state index in [1.807, 2.05) is 13.0 Å². The number of fused-ring (bicyclic) bond motifs is 1. The zero-order valence-electron chi connectivity index (χ0n) is 11.9. The van der Waals surface area contributed by atoms with Gasteiger partial charge in [0.05, 0.1) is 16.4 Å². The number of nitrogens with zero attached hydrogens (tertiary/aromatic N) is 3. The summed E-state index contributed by atoms with van der Waals surface area (Å²) < 4.78 is 2.27. The van der Waals surface area contributed by atoms with Crippen LogP contribution in [0.15, 0.2) is 24.3 Å². The molecule has 0 fully saturated rings. The van der Waals surface area contributed by atoms with Crippen LogP contribution >= 0.6 is 11.6 Å². The van der Waals surface area contributed by atoms with Gasteiger partial charge in [-0.05, 0) is 52.5 Å². The van der Waals surface area contributed by atoms with Crippen LogP contribution in [0.5, 0.6) is 0 Å². The molecule has 0 bridgehead atoms. The van der Waals surface area contributed by atoms with E-state index in [0.717, 1.165) is 30.9 Å². The highest BCUT2D eigenvalue weighted by Crippen LogP contribution is 2.24. The van der Waals surface area contributed by atoms with E-state index in [0.29, 0.717) is 0 Å². The summed E-state index contributed by atoms with van der Waals surface area (Å²) in [5, 5.41) is -0.0544. The van der Waals surface area contributed by atoms with Gasteiger partial charge in [0, 0.05) is 6.54 Å². The molecule has 2 aromatic rings. The molecule has 104 valence electrons. The van der Waals surface area contributed by atoms with Crippen LogP contribution in [0, 0.1) is 0 Å². The van der Waals surface area contributed by atoms with Crippen molar-refractivity contribution in [2.45, 2.75) is 31.7 Å². The van der Waals surface area contributed by atoms with Gasteiger partial charge in [-0.15, -0.1) is 11.6 Å². The molecule has 0 N–H and O–H groups in total. The zero-order chi connectivity index (χ0) is 13.8. The number of para-hydroxylation sites is 2. The quantitative estimate of drug-likeness (QED) is 0.594. The third-order valence-electron chi connectivity index (χ3n) is 3.28. The predicted octanol–water partition coefficient (Wildman–Crippen LogP) is 3.68. The second kappa shape index (κ2) is 6.40. The first-order valence-electron chi connectivity index (χ1n) is 6.83. The van der Waals surface area contributed by atoms with Gasteiger partial charge in [-0.2, -0.15) is 0 Å². The minimum Gasteiger partial charge on any atom is -0.327 e. The molecule has 19 heavy (non-hydrogen) atoms. The van der Waals surface area contributed by atoms with Gasteiger partial charge >= 0.3 is 0 Å². The summed E-state index contributed by atoms with van der Waals surface area (Å²) in [6.45, 7) is 4.10. The van der Waals surface area contributed by atoms with Gasteiger partial charge in [0.1, 0.15) is 5.82 Å². The first-order chi connectivity index (χ1) is 9.09. The van der Waals surface area contributed by atoms with Crippen LogP contribution in [-0.2, 0) is 6.54 Å². The molecule has 0 amide bonds. The van der Waals surface area contributed by atoms with Crippen LogP contribution in [0.2, 0.25) is 0 Å². The molecule has 3 nitrogen and oxygen atoms in total. The molecule has 0 radical (unpaired) electrons. The van der Waals surface area contributed by atoms with E-state index >= 15 is 0 Å². The van der Waals surface area contributed by atoms with Crippen molar-refractivity contribution in [3.8, 4) is 0 Å². The fraction of sp³-hybridized carbons (Fsp3) is 0.533. The monoisotopic (exact) mass is 279 g/mol. The van der Waals surface area contributed by atoms with Crippen molar-refractivity contribution >= 4 is 22.6 Å². The molecule has 0 aliphatic heterocycles. The third-order valence-corrected chi connectivity index (χ3v) is 3.47. The molecule has 1 aromatic heterocycles. The Morgan fingerprint density at radius 3 is 2.68 bits per heavy atom. The molecular weight excluding hydrogens is 258 g/mol. The minimum atomic E-state index is -0.0544. The standard InChI is InChI=1S/C15H22ClN3/c1-12(16)15-17-13-8-4-5-9-14(13)19(15)11-7-6-10-18(2)3/h4-5,8-9,12H,6-7,10-11H2,1-3H3. The van der Waals surface area contributed by atoms with Crippen LogP contribution < -0.4 is 0 Å². The maximum atomic E-state index is 6.25. The SMILES string of the molecule is CC(Cl)c1nc2ccccc2n1CCCCN(C)C. The molecule has 1 heterocycles. The average molecular weight is 280 g/mol. The molecule has 1 aromatic carbocycles. The molecule has 1 unspecified atom stereocenters. The first-order valence-corrected chi connectivity index (χ1v) is 7.27. The molecule has 2 rings (SSSR count). The predicted molar refractivity (Wildman–Crippen MR) is 81.8 cm³/mol. The third kappa shape index (κ3) is 3.48. The molecule has 1 atom stereocenters. The van der Waals surface area contributed by atoms with E-state index in [9.17, 15) is 0 Å². The van der Waals surface area contributed by atoms with Gasteiger partial charge in [0.25, 0.3) is 0 Å². The first kappa shape index (κ1) is 14.4. The number of halogens is 1. The van der Waals surface area contributed by atoms with E-state index in [1.54, 1.807) is 0 Å². The number of aromatic nitrogens is 2. The number of benzene rings is 1. The number of aryl methyl sites for hydroxylation is 1. The van der Waals surface area contributed by atoms with Crippen LogP contribution in [0.25, 0.3) is 11.0 Å². The van der Waals surface area contributed by atoms with Crippen LogP contribution in [0.3, 0.4) is 0 Å². The molecule has 0 saturated heterocycles. The summed E-state index contributed by atoms with van der Waals surface area (Å²) in [4.78, 5) is 6.87. The molecule has 0 aliphatic carbocycles. The van der Waals surface area contributed by atoms with Gasteiger partial charge < -0.3 is 9.47 Å². The van der Waals surface area contributed by atoms with E-state index in [1.165, 1.54) is 11.9 Å². The van der Waals surface area contributed by atoms with Crippen molar-refractivity contribution < 1.29 is 0 Å². The lowest BCUT2D eigenvalue weighted by Gasteiger charge is -2.12. The van der Waals surface area contributed by atoms with E-state index < -0.39 is 0 Å². The van der Waals surface area contributed by atoms with Crippen molar-refractivity contribution in [2.75, 3.05) is 20.6 Å². The second-order valence-corrected chi connectivity index (χ2v) is 5.89. The number of imidazole rings is 1. The van der Waals surface area contributed by atoms with Gasteiger partial charge in [-0.1, -0.05) is 12.1 Å². The van der Waals surface area contributed by atoms with Gasteiger partial charge in [-0.3, -0.25) is 0 Å². The number of hydrogen-bond acceptors (Lipinski definition) is 2. The Bertz CT molecular complexity index is 531. The van der Waals surface area contributed by atoms with Gasteiger partial charge in [0.15, 0.2) is 0 Å². The molecule has 0 saturated carbocycles. The van der Waals surface area contributed by atoms with Crippen molar-refractivity contribution in [2.24, 2.45) is 0 Å². The smallest absolute Gasteiger partial charge is 0.127 e. The summed E-state index contributed by atoms with van der Waals surface area (Å²) in [6, 6.07) is 8.25. The Morgan fingerprint density at radius 1 is 1.26 bits per heavy atom. The largest absolute Gasteiger partial charge is 0.327 e. The number of alkyl halides is 1. The fourth-order valence-corrected chi connectivity index (χ4v) is 2.50. The van der Waals surface area contributed by atoms with Crippen molar-refractivity contribution in [3.05, 3.63) is 30.1 Å². The van der Waals surface area contributed by atoms with Crippen LogP contribution in [0.1, 0.15) is 31.0 Å². The highest BCUT2D eigenvalue weighted by atomic mass is 35.5. The van der Waals surface area contributed by atoms with E-state index in [4.69, 9.17) is 11.6 Å². The summed E-state index contributed by atoms with van der Waals surface area (Å²) in [7, 11) is 4.22. The summed E-state index contributed by atoms with van der Waals surface area (Å²) in [5.74, 6) is 0.979. The maximum absolute atomic E-state index is 6.25. The Balaban J connectivity index is 2.17. The highest BCUT2D eigenvalue weighted by molar-refractivity contribution is 6.20. The molecular formula is C15H22ClN3. The second-order valence-electron chi connectivity index (χ2n) is 5.24. The van der Waals surface area contributed by atoms with Crippen LogP contribution in [-0.4, -0.2) is 35.1 Å². The summed E-state index contributed by atoms with van der Waals surface area (Å²) >= 11 is 6.25. The van der Waals surface area contributed by atoms with Crippen molar-refractivity contribution in [1.29, 1.82) is 0 Å². The summed E-state index contributed by atoms with van der Waals surface area (Å²) in [6.07, 6.45) is 2.34. The number of hydrogen-bond donors (Lipinski definition) is 0. The van der Waals surface area contributed by atoms with Crippen molar-refractivity contribution in [1.82, 2.24) is 14.5 Å². The Kier molecular flexibility index (Phi) is 4.83. The maximum Gasteiger partial charge on any atom is 0.127 e. The average Bonchev–Trinajstić information content (AvgIpc) is 2.73. The molecule has 4 heteroatoms. The minimum absolute atomic E-state index is 0.0544. The number of unbranched alkanes of at least 4 members (excludes halogenated alkanes) is 1. The molecule has 0 spiro atoms. The summed E-state index contributed by atoms with van der Waals surface area (Å²) in [5.41, 5.74) is 2.23. The lowest BCUT2D eigenvalue weighted by molar-refractivity contribution is 0.387. The Morgan fingerprint density at radius 2 is 2.00 bits per heavy atom. The molecule has 0 aliphatic rings. The topological polar surface area (TPSA) is 21.1 Å². The fourth-order valence-electron chi connectivity index (χ4n) is 2.33. The van der Waals surface area contributed by atoms with Gasteiger partial charge in [0.2, 0.25) is 0 Å².